The van der Waals surface area contributed by atoms with Crippen LogP contribution >= 0.6 is 0 Å². The minimum Gasteiger partial charge on any atom is -0.376 e. The molecule has 0 saturated carbocycles. The monoisotopic (exact) mass is 359 g/mol. The molecule has 0 amide bonds. The van der Waals surface area contributed by atoms with Gasteiger partial charge in [-0.05, 0) is 77.6 Å². The van der Waals surface area contributed by atoms with Crippen LogP contribution in [0.5, 0.6) is 0 Å². The smallest absolute Gasteiger partial charge is 0.0572 e. The van der Waals surface area contributed by atoms with Crippen LogP contribution in [0.15, 0.2) is 59.2 Å². The summed E-state index contributed by atoms with van der Waals surface area (Å²) in [5, 5.41) is 3.87. The van der Waals surface area contributed by atoms with Crippen molar-refractivity contribution in [1.29, 1.82) is 0 Å². The number of nitrogens with one attached hydrogen (secondary N) is 1. The van der Waals surface area contributed by atoms with E-state index < -0.39 is 0 Å². The molecule has 0 bridgehead atoms. The van der Waals surface area contributed by atoms with E-state index in [9.17, 15) is 0 Å². The topological polar surface area (TPSA) is 12.0 Å². The molecule has 0 aromatic heterocycles. The van der Waals surface area contributed by atoms with Crippen molar-refractivity contribution in [2.75, 3.05) is 5.32 Å². The molecule has 1 nitrogen and oxygen atoms in total. The van der Waals surface area contributed by atoms with Crippen molar-refractivity contribution in [1.82, 2.24) is 0 Å². The third-order valence-electron chi connectivity index (χ3n) is 6.01. The van der Waals surface area contributed by atoms with Crippen molar-refractivity contribution in [3.05, 3.63) is 87.0 Å². The van der Waals surface area contributed by atoms with Gasteiger partial charge in [-0.1, -0.05) is 64.8 Å². The van der Waals surface area contributed by atoms with Gasteiger partial charge >= 0.3 is 0 Å². The highest BCUT2D eigenvalue weighted by atomic mass is 15.0. The standard InChI is InChI=1S/C26H33N/c1-16-13-19(4)25(20(5)14-16)27-26(7,8)23-12-10-9-11-22(23)24-18(3)15-17(2)21(24)6/h9-15,24,27H,1-8H3. The summed E-state index contributed by atoms with van der Waals surface area (Å²) in [5.74, 6) is 0.391. The van der Waals surface area contributed by atoms with Crippen LogP contribution in [0.1, 0.15) is 68.4 Å². The second kappa shape index (κ2) is 7.03. The molecule has 1 heteroatoms. The Kier molecular flexibility index (Phi) is 5.08. The first-order valence-corrected chi connectivity index (χ1v) is 9.93. The van der Waals surface area contributed by atoms with Crippen LogP contribution in [0.25, 0.3) is 0 Å². The fraction of sp³-hybridized carbons (Fsp3) is 0.385. The molecule has 3 rings (SSSR count). The Hall–Kier alpha value is -2.28. The van der Waals surface area contributed by atoms with Crippen LogP contribution in [0.3, 0.4) is 0 Å². The molecule has 0 radical (unpaired) electrons. The fourth-order valence-corrected chi connectivity index (χ4v) is 4.66. The van der Waals surface area contributed by atoms with Gasteiger partial charge in [0.2, 0.25) is 0 Å². The molecule has 0 saturated heterocycles. The van der Waals surface area contributed by atoms with Crippen molar-refractivity contribution in [2.24, 2.45) is 0 Å². The first-order chi connectivity index (χ1) is 12.6. The van der Waals surface area contributed by atoms with Gasteiger partial charge in [0.15, 0.2) is 0 Å². The van der Waals surface area contributed by atoms with Crippen molar-refractivity contribution >= 4 is 5.69 Å². The Morgan fingerprint density at radius 2 is 1.44 bits per heavy atom. The lowest BCUT2D eigenvalue weighted by molar-refractivity contribution is 0.597. The van der Waals surface area contributed by atoms with E-state index in [2.05, 4.69) is 103 Å². The molecular weight excluding hydrogens is 326 g/mol. The van der Waals surface area contributed by atoms with Crippen molar-refractivity contribution < 1.29 is 0 Å². The average Bonchev–Trinajstić information content (AvgIpc) is 2.83. The number of benzene rings is 2. The summed E-state index contributed by atoms with van der Waals surface area (Å²) in [6, 6.07) is 13.4. The zero-order chi connectivity index (χ0) is 19.9. The molecule has 0 spiro atoms. The molecule has 1 atom stereocenters. The summed E-state index contributed by atoms with van der Waals surface area (Å²) in [7, 11) is 0. The summed E-state index contributed by atoms with van der Waals surface area (Å²) in [6.45, 7) is 17.9. The Morgan fingerprint density at radius 1 is 0.852 bits per heavy atom. The normalized spacial score (nSPS) is 17.3. The Morgan fingerprint density at radius 3 is 2.00 bits per heavy atom. The number of anilines is 1. The van der Waals surface area contributed by atoms with E-state index in [4.69, 9.17) is 0 Å². The summed E-state index contributed by atoms with van der Waals surface area (Å²) in [6.07, 6.45) is 2.34. The third-order valence-corrected chi connectivity index (χ3v) is 6.01. The van der Waals surface area contributed by atoms with Gasteiger partial charge in [0.05, 0.1) is 5.54 Å². The van der Waals surface area contributed by atoms with E-state index in [1.807, 2.05) is 0 Å². The van der Waals surface area contributed by atoms with Gasteiger partial charge in [0, 0.05) is 11.6 Å². The van der Waals surface area contributed by atoms with Crippen LogP contribution in [-0.4, -0.2) is 0 Å². The van der Waals surface area contributed by atoms with Crippen molar-refractivity contribution in [3.63, 3.8) is 0 Å². The van der Waals surface area contributed by atoms with E-state index in [0.717, 1.165) is 0 Å². The predicted octanol–water partition coefficient (Wildman–Crippen LogP) is 7.34. The van der Waals surface area contributed by atoms with Crippen LogP contribution < -0.4 is 5.32 Å². The molecule has 0 fully saturated rings. The van der Waals surface area contributed by atoms with Crippen LogP contribution in [-0.2, 0) is 5.54 Å². The lowest BCUT2D eigenvalue weighted by Gasteiger charge is -2.34. The lowest BCUT2D eigenvalue weighted by atomic mass is 9.80. The molecule has 2 aromatic rings. The Bertz CT molecular complexity index is 917. The molecule has 1 aliphatic rings. The number of hydrogen-bond donors (Lipinski definition) is 1. The van der Waals surface area contributed by atoms with E-state index in [-0.39, 0.29) is 5.54 Å². The molecular formula is C26H33N. The highest BCUT2D eigenvalue weighted by Gasteiger charge is 2.30. The quantitative estimate of drug-likeness (QED) is 0.602. The maximum Gasteiger partial charge on any atom is 0.0572 e. The highest BCUT2D eigenvalue weighted by molar-refractivity contribution is 5.61. The fourth-order valence-electron chi connectivity index (χ4n) is 4.66. The van der Waals surface area contributed by atoms with Crippen LogP contribution in [0.4, 0.5) is 5.69 Å². The van der Waals surface area contributed by atoms with Crippen LogP contribution in [0, 0.1) is 20.8 Å². The molecule has 27 heavy (non-hydrogen) atoms. The van der Waals surface area contributed by atoms with Crippen molar-refractivity contribution in [3.8, 4) is 0 Å². The first kappa shape index (κ1) is 19.5. The van der Waals surface area contributed by atoms with Gasteiger partial charge in [0.25, 0.3) is 0 Å². The highest BCUT2D eigenvalue weighted by Crippen LogP contribution is 2.43. The van der Waals surface area contributed by atoms with Gasteiger partial charge in [0.1, 0.15) is 0 Å². The Balaban J connectivity index is 2.06. The zero-order valence-corrected chi connectivity index (χ0v) is 18.1. The number of rotatable bonds is 4. The Labute approximate surface area is 165 Å². The SMILES string of the molecule is CC1=CC(C)=C(C)C1c1ccccc1C(C)(C)Nc1c(C)cc(C)cc1C. The molecule has 2 aromatic carbocycles. The van der Waals surface area contributed by atoms with Crippen LogP contribution in [0.2, 0.25) is 0 Å². The number of aryl methyl sites for hydroxylation is 3. The molecule has 142 valence electrons. The van der Waals surface area contributed by atoms with Gasteiger partial charge < -0.3 is 5.32 Å². The van der Waals surface area contributed by atoms with Gasteiger partial charge in [-0.15, -0.1) is 0 Å². The van der Waals surface area contributed by atoms with Gasteiger partial charge in [-0.3, -0.25) is 0 Å². The average molecular weight is 360 g/mol. The predicted molar refractivity (Wildman–Crippen MR) is 119 cm³/mol. The van der Waals surface area contributed by atoms with Gasteiger partial charge in [-0.25, -0.2) is 0 Å². The third kappa shape index (κ3) is 3.60. The molecule has 1 unspecified atom stereocenters. The second-order valence-electron chi connectivity index (χ2n) is 8.80. The van der Waals surface area contributed by atoms with E-state index in [1.165, 1.54) is 50.2 Å². The maximum absolute atomic E-state index is 3.87. The number of allylic oxidation sites excluding steroid dienone is 4. The maximum atomic E-state index is 3.87. The molecule has 1 N–H and O–H groups in total. The first-order valence-electron chi connectivity index (χ1n) is 9.93. The summed E-state index contributed by atoms with van der Waals surface area (Å²) < 4.78 is 0. The van der Waals surface area contributed by atoms with E-state index in [1.54, 1.807) is 0 Å². The minimum absolute atomic E-state index is 0.168. The lowest BCUT2D eigenvalue weighted by Crippen LogP contribution is -2.30. The van der Waals surface area contributed by atoms with Gasteiger partial charge in [-0.2, -0.15) is 0 Å². The minimum atomic E-state index is -0.168. The summed E-state index contributed by atoms with van der Waals surface area (Å²) >= 11 is 0. The molecule has 0 heterocycles. The summed E-state index contributed by atoms with van der Waals surface area (Å²) in [4.78, 5) is 0. The largest absolute Gasteiger partial charge is 0.376 e. The zero-order valence-electron chi connectivity index (χ0n) is 18.1. The van der Waals surface area contributed by atoms with Crippen molar-refractivity contribution in [2.45, 2.75) is 66.8 Å². The molecule has 0 aliphatic heterocycles. The summed E-state index contributed by atoms with van der Waals surface area (Å²) in [5.41, 5.74) is 12.1. The number of hydrogen-bond acceptors (Lipinski definition) is 1. The second-order valence-corrected chi connectivity index (χ2v) is 8.80. The van der Waals surface area contributed by atoms with E-state index >= 15 is 0 Å². The van der Waals surface area contributed by atoms with E-state index in [0.29, 0.717) is 5.92 Å². The molecule has 1 aliphatic carbocycles.